The van der Waals surface area contributed by atoms with Gasteiger partial charge in [0.1, 0.15) is 5.75 Å². The van der Waals surface area contributed by atoms with Crippen molar-refractivity contribution in [2.45, 2.75) is 0 Å². The maximum Gasteiger partial charge on any atom is 0.225 e. The van der Waals surface area contributed by atoms with Crippen molar-refractivity contribution in [3.63, 3.8) is 0 Å². The maximum absolute atomic E-state index is 10.2. The molecule has 0 N–H and O–H groups in total. The molecule has 0 unspecified atom stereocenters. The van der Waals surface area contributed by atoms with Crippen LogP contribution in [-0.4, -0.2) is 20.0 Å². The van der Waals surface area contributed by atoms with E-state index in [2.05, 4.69) is 0 Å². The van der Waals surface area contributed by atoms with E-state index in [1.807, 2.05) is 11.2 Å². The van der Waals surface area contributed by atoms with Gasteiger partial charge in [-0.2, -0.15) is 0 Å². The minimum atomic E-state index is -3.31. The topological polar surface area (TPSA) is 51.2 Å². The Morgan fingerprint density at radius 3 is 2.25 bits per heavy atom. The van der Waals surface area contributed by atoms with Crippen molar-refractivity contribution in [1.29, 1.82) is 0 Å². The second kappa shape index (κ2) is 1.33. The molecule has 0 aliphatic carbocycles. The van der Waals surface area contributed by atoms with Crippen LogP contribution in [0.5, 0.6) is 0 Å². The highest BCUT2D eigenvalue weighted by Gasteiger charge is 2.17. The Kier molecular flexibility index (Phi) is 0.882. The summed E-state index contributed by atoms with van der Waals surface area (Å²) in [4.78, 5) is 10.1. The molecular formula is C4H2O3S. The van der Waals surface area contributed by atoms with Crippen LogP contribution in [0.4, 0.5) is 0 Å². The number of carbonyl (C=O) groups excluding carboxylic acids is 1. The molecule has 0 amide bonds. The molecule has 1 heterocycles. The zero-order valence-corrected chi connectivity index (χ0v) is 4.66. The standard InChI is InChI=1S/C4H2O3S/c5-4-1-2-8(6,7)3-4/h3H2. The van der Waals surface area contributed by atoms with Crippen LogP contribution in [-0.2, 0) is 14.6 Å². The number of Topliss-reactive ketones (excluding diaryl/α,β-unsaturated/α-hetero) is 1. The van der Waals surface area contributed by atoms with Gasteiger partial charge >= 0.3 is 0 Å². The molecule has 3 nitrogen and oxygen atoms in total. The number of ketones is 1. The van der Waals surface area contributed by atoms with Gasteiger partial charge in [0, 0.05) is 5.25 Å². The van der Waals surface area contributed by atoms with Gasteiger partial charge in [0.05, 0.1) is 0 Å². The molecule has 0 bridgehead atoms. The van der Waals surface area contributed by atoms with Crippen LogP contribution in [0.25, 0.3) is 0 Å². The number of sulfone groups is 1. The third kappa shape index (κ3) is 0.873. The number of carbonyl (C=O) groups is 1. The highest BCUT2D eigenvalue weighted by Crippen LogP contribution is 1.93. The second-order valence-electron chi connectivity index (χ2n) is 1.41. The summed E-state index contributed by atoms with van der Waals surface area (Å²) in [6.45, 7) is 0. The lowest BCUT2D eigenvalue weighted by molar-refractivity contribution is -0.111. The molecule has 1 aliphatic heterocycles. The van der Waals surface area contributed by atoms with Gasteiger partial charge in [0.2, 0.25) is 15.6 Å². The van der Waals surface area contributed by atoms with Crippen LogP contribution in [0.2, 0.25) is 0 Å². The predicted octanol–water partition coefficient (Wildman–Crippen LogP) is -1.06. The van der Waals surface area contributed by atoms with E-state index >= 15 is 0 Å². The predicted molar refractivity (Wildman–Crippen MR) is 26.6 cm³/mol. The van der Waals surface area contributed by atoms with Gasteiger partial charge in [-0.05, 0) is 5.92 Å². The van der Waals surface area contributed by atoms with Gasteiger partial charge in [0.25, 0.3) is 0 Å². The van der Waals surface area contributed by atoms with Gasteiger partial charge in [-0.1, -0.05) is 0 Å². The largest absolute Gasteiger partial charge is 0.284 e. The summed E-state index contributed by atoms with van der Waals surface area (Å²) in [7, 11) is -3.31. The smallest absolute Gasteiger partial charge is 0.225 e. The van der Waals surface area contributed by atoms with E-state index < -0.39 is 21.4 Å². The van der Waals surface area contributed by atoms with Gasteiger partial charge < -0.3 is 0 Å². The fraction of sp³-hybridized carbons (Fsp3) is 0.250. The zero-order chi connectivity index (χ0) is 6.20. The summed E-state index contributed by atoms with van der Waals surface area (Å²) in [5.74, 6) is 0.972. The van der Waals surface area contributed by atoms with Gasteiger partial charge in [-0.25, -0.2) is 8.42 Å². The average Bonchev–Trinajstić information content (AvgIpc) is 1.82. The molecule has 0 saturated heterocycles. The number of hydrogen-bond donors (Lipinski definition) is 0. The van der Waals surface area contributed by atoms with E-state index in [1.165, 1.54) is 0 Å². The van der Waals surface area contributed by atoms with Crippen LogP contribution in [0.3, 0.4) is 0 Å². The van der Waals surface area contributed by atoms with Gasteiger partial charge in [-0.15, -0.1) is 0 Å². The Hall–Kier alpha value is -0.820. The molecular weight excluding hydrogens is 128 g/mol. The fourth-order valence-electron chi connectivity index (χ4n) is 0.379. The Balaban J connectivity index is 3.14. The fourth-order valence-corrected chi connectivity index (χ4v) is 1.14. The minimum absolute atomic E-state index is 0.451. The van der Waals surface area contributed by atoms with Crippen LogP contribution in [0.1, 0.15) is 0 Å². The molecule has 42 valence electrons. The van der Waals surface area contributed by atoms with Crippen molar-refractivity contribution in [3.8, 4) is 11.2 Å². The SMILES string of the molecule is O=C1C#CS(=O)(=O)C1. The molecule has 4 heteroatoms. The summed E-state index contributed by atoms with van der Waals surface area (Å²) in [6.07, 6.45) is 0. The molecule has 0 aromatic heterocycles. The number of hydrogen-bond acceptors (Lipinski definition) is 3. The summed E-state index contributed by atoms with van der Waals surface area (Å²) in [5, 5.41) is 1.82. The van der Waals surface area contributed by atoms with Gasteiger partial charge in [0.15, 0.2) is 0 Å². The first-order valence-electron chi connectivity index (χ1n) is 1.88. The molecule has 0 radical (unpaired) electrons. The zero-order valence-electron chi connectivity index (χ0n) is 3.84. The normalized spacial score (nSPS) is 22.2. The van der Waals surface area contributed by atoms with Gasteiger partial charge in [-0.3, -0.25) is 4.79 Å². The average molecular weight is 130 g/mol. The van der Waals surface area contributed by atoms with E-state index in [0.717, 1.165) is 0 Å². The quantitative estimate of drug-likeness (QED) is 0.310. The Labute approximate surface area is 46.6 Å². The highest BCUT2D eigenvalue weighted by molar-refractivity contribution is 7.97. The summed E-state index contributed by atoms with van der Waals surface area (Å²) >= 11 is 0. The van der Waals surface area contributed by atoms with Crippen LogP contribution in [0.15, 0.2) is 0 Å². The first-order valence-corrected chi connectivity index (χ1v) is 3.54. The van der Waals surface area contributed by atoms with Crippen LogP contribution >= 0.6 is 0 Å². The molecule has 0 atom stereocenters. The van der Waals surface area contributed by atoms with E-state index in [9.17, 15) is 13.2 Å². The summed E-state index contributed by atoms with van der Waals surface area (Å²) in [5.41, 5.74) is 0. The Bertz CT molecular complexity index is 274. The van der Waals surface area contributed by atoms with E-state index in [4.69, 9.17) is 0 Å². The molecule has 1 aliphatic rings. The monoisotopic (exact) mass is 130 g/mol. The first-order chi connectivity index (χ1) is 3.60. The third-order valence-electron chi connectivity index (χ3n) is 0.667. The van der Waals surface area contributed by atoms with E-state index in [0.29, 0.717) is 0 Å². The van der Waals surface area contributed by atoms with Crippen molar-refractivity contribution in [2.75, 3.05) is 5.75 Å². The Morgan fingerprint density at radius 1 is 1.50 bits per heavy atom. The maximum atomic E-state index is 10.2. The van der Waals surface area contributed by atoms with Crippen molar-refractivity contribution < 1.29 is 13.2 Å². The van der Waals surface area contributed by atoms with Crippen molar-refractivity contribution in [2.24, 2.45) is 0 Å². The van der Waals surface area contributed by atoms with E-state index in [1.54, 1.807) is 0 Å². The highest BCUT2D eigenvalue weighted by atomic mass is 32.2. The van der Waals surface area contributed by atoms with Crippen molar-refractivity contribution in [1.82, 2.24) is 0 Å². The molecule has 0 aromatic carbocycles. The van der Waals surface area contributed by atoms with Crippen molar-refractivity contribution in [3.05, 3.63) is 0 Å². The first kappa shape index (κ1) is 5.32. The lowest BCUT2D eigenvalue weighted by atomic mass is 10.5. The molecule has 0 spiro atoms. The molecule has 0 aromatic rings. The van der Waals surface area contributed by atoms with Crippen molar-refractivity contribution >= 4 is 15.6 Å². The van der Waals surface area contributed by atoms with Crippen LogP contribution in [0, 0.1) is 11.2 Å². The molecule has 1 rings (SSSR count). The molecule has 0 saturated carbocycles. The minimum Gasteiger partial charge on any atom is -0.284 e. The molecule has 8 heavy (non-hydrogen) atoms. The van der Waals surface area contributed by atoms with E-state index in [-0.39, 0.29) is 0 Å². The lowest BCUT2D eigenvalue weighted by Crippen LogP contribution is -2.04. The lowest BCUT2D eigenvalue weighted by Gasteiger charge is -1.77. The third-order valence-corrected chi connectivity index (χ3v) is 1.72. The second-order valence-corrected chi connectivity index (χ2v) is 3.13. The van der Waals surface area contributed by atoms with Crippen LogP contribution < -0.4 is 0 Å². The molecule has 0 fully saturated rings. The summed E-state index contributed by atoms with van der Waals surface area (Å²) in [6, 6.07) is 0. The number of rotatable bonds is 0. The Morgan fingerprint density at radius 2 is 2.12 bits per heavy atom. The summed E-state index contributed by atoms with van der Waals surface area (Å²) < 4.78 is 20.5.